The average molecular weight is 310 g/mol. The number of ketones is 1. The van der Waals surface area contributed by atoms with Gasteiger partial charge in [0.1, 0.15) is 0 Å². The molecule has 2 rings (SSSR count). The van der Waals surface area contributed by atoms with Gasteiger partial charge in [-0.05, 0) is 60.3 Å². The molecule has 0 N–H and O–H groups in total. The van der Waals surface area contributed by atoms with E-state index in [1.54, 1.807) is 0 Å². The summed E-state index contributed by atoms with van der Waals surface area (Å²) in [5.74, 6) is 0.295. The molecule has 1 heteroatoms. The Bertz CT molecular complexity index is 638. The third-order valence-corrected chi connectivity index (χ3v) is 5.36. The van der Waals surface area contributed by atoms with Crippen LogP contribution in [0.2, 0.25) is 0 Å². The van der Waals surface area contributed by atoms with Gasteiger partial charge in [-0.1, -0.05) is 58.0 Å². The third-order valence-electron chi connectivity index (χ3n) is 5.36. The van der Waals surface area contributed by atoms with Gasteiger partial charge in [0.25, 0.3) is 0 Å². The van der Waals surface area contributed by atoms with Gasteiger partial charge in [0.2, 0.25) is 0 Å². The number of aryl methyl sites for hydroxylation is 3. The number of carbonyl (C=O) groups is 1. The summed E-state index contributed by atoms with van der Waals surface area (Å²) in [5.41, 5.74) is 7.23. The molecular weight excluding hydrogens is 280 g/mol. The van der Waals surface area contributed by atoms with Crippen LogP contribution in [0.4, 0.5) is 0 Å². The molecule has 0 bridgehead atoms. The van der Waals surface area contributed by atoms with Crippen LogP contribution in [0.15, 0.2) is 30.4 Å². The summed E-state index contributed by atoms with van der Waals surface area (Å²) in [6, 6.07) is 4.48. The molecule has 1 unspecified atom stereocenters. The van der Waals surface area contributed by atoms with Crippen LogP contribution in [0, 0.1) is 12.3 Å². The van der Waals surface area contributed by atoms with Crippen LogP contribution < -0.4 is 0 Å². The number of carbonyl (C=O) groups excluding carboxylic acids is 1. The van der Waals surface area contributed by atoms with Crippen LogP contribution in [-0.4, -0.2) is 5.78 Å². The molecule has 0 amide bonds. The highest BCUT2D eigenvalue weighted by molar-refractivity contribution is 6.23. The fourth-order valence-electron chi connectivity index (χ4n) is 3.81. The lowest BCUT2D eigenvalue weighted by molar-refractivity contribution is -0.116. The first kappa shape index (κ1) is 17.7. The van der Waals surface area contributed by atoms with Gasteiger partial charge >= 0.3 is 0 Å². The van der Waals surface area contributed by atoms with Crippen molar-refractivity contribution >= 4 is 11.4 Å². The zero-order valence-electron chi connectivity index (χ0n) is 15.4. The van der Waals surface area contributed by atoms with Crippen molar-refractivity contribution in [3.8, 4) is 0 Å². The van der Waals surface area contributed by atoms with E-state index >= 15 is 0 Å². The summed E-state index contributed by atoms with van der Waals surface area (Å²) in [7, 11) is 0. The Morgan fingerprint density at radius 2 is 1.70 bits per heavy atom. The Labute approximate surface area is 141 Å². The van der Waals surface area contributed by atoms with Crippen LogP contribution in [0.1, 0.15) is 69.2 Å². The Balaban J connectivity index is 2.73. The number of benzene rings is 1. The van der Waals surface area contributed by atoms with Crippen LogP contribution in [0.25, 0.3) is 5.57 Å². The highest BCUT2D eigenvalue weighted by Gasteiger charge is 2.35. The molecule has 0 saturated carbocycles. The van der Waals surface area contributed by atoms with Crippen molar-refractivity contribution in [1.82, 2.24) is 0 Å². The van der Waals surface area contributed by atoms with Crippen LogP contribution in [-0.2, 0) is 17.6 Å². The molecule has 23 heavy (non-hydrogen) atoms. The summed E-state index contributed by atoms with van der Waals surface area (Å²) >= 11 is 0. The van der Waals surface area contributed by atoms with Crippen molar-refractivity contribution in [3.63, 3.8) is 0 Å². The minimum absolute atomic E-state index is 0.0769. The van der Waals surface area contributed by atoms with Crippen LogP contribution in [0.3, 0.4) is 0 Å². The maximum absolute atomic E-state index is 13.1. The molecule has 1 aromatic rings. The van der Waals surface area contributed by atoms with Gasteiger partial charge < -0.3 is 0 Å². The largest absolute Gasteiger partial charge is 0.294 e. The maximum Gasteiger partial charge on any atom is 0.164 e. The minimum atomic E-state index is 0.0769. The molecule has 0 spiro atoms. The molecule has 124 valence electrons. The van der Waals surface area contributed by atoms with Gasteiger partial charge in [-0.3, -0.25) is 4.79 Å². The predicted octanol–water partition coefficient (Wildman–Crippen LogP) is 5.84. The second-order valence-electron chi connectivity index (χ2n) is 7.21. The summed E-state index contributed by atoms with van der Waals surface area (Å²) in [4.78, 5) is 13.1. The third kappa shape index (κ3) is 3.34. The molecule has 0 heterocycles. The van der Waals surface area contributed by atoms with E-state index in [-0.39, 0.29) is 5.41 Å². The van der Waals surface area contributed by atoms with Crippen molar-refractivity contribution in [2.45, 2.75) is 66.7 Å². The van der Waals surface area contributed by atoms with Gasteiger partial charge in [-0.25, -0.2) is 0 Å². The highest BCUT2D eigenvalue weighted by Crippen LogP contribution is 2.44. The second-order valence-corrected chi connectivity index (χ2v) is 7.21. The van der Waals surface area contributed by atoms with E-state index in [0.717, 1.165) is 36.8 Å². The number of hydrogen-bond donors (Lipinski definition) is 0. The number of Topliss-reactive ketones (excluding diaryl/α,β-unsaturated/α-hetero) is 1. The molecule has 1 atom stereocenters. The van der Waals surface area contributed by atoms with Gasteiger partial charge in [0.15, 0.2) is 5.78 Å². The van der Waals surface area contributed by atoms with E-state index in [0.29, 0.717) is 12.2 Å². The fraction of sp³-hybridized carbons (Fsp3) is 0.500. The van der Waals surface area contributed by atoms with Crippen LogP contribution in [0.5, 0.6) is 0 Å². The molecule has 1 aliphatic rings. The van der Waals surface area contributed by atoms with Crippen molar-refractivity contribution in [2.24, 2.45) is 5.41 Å². The van der Waals surface area contributed by atoms with E-state index in [9.17, 15) is 4.79 Å². The molecule has 0 aromatic heterocycles. The van der Waals surface area contributed by atoms with Crippen LogP contribution >= 0.6 is 0 Å². The SMILES string of the molecule is C=CC1=C(c2c(CC)cc(C)cc2CC)C(=O)CC(C)(CC)C1. The molecule has 1 nitrogen and oxygen atoms in total. The first-order valence-electron chi connectivity index (χ1n) is 8.90. The average Bonchev–Trinajstić information content (AvgIpc) is 2.54. The molecule has 0 fully saturated rings. The number of allylic oxidation sites excluding steroid dienone is 3. The molecule has 1 aliphatic carbocycles. The zero-order valence-corrected chi connectivity index (χ0v) is 15.4. The first-order chi connectivity index (χ1) is 10.9. The van der Waals surface area contributed by atoms with Gasteiger partial charge in [0.05, 0.1) is 0 Å². The fourth-order valence-corrected chi connectivity index (χ4v) is 3.81. The highest BCUT2D eigenvalue weighted by atomic mass is 16.1. The Kier molecular flexibility index (Phi) is 5.29. The summed E-state index contributed by atoms with van der Waals surface area (Å²) < 4.78 is 0. The molecule has 1 aromatic carbocycles. The minimum Gasteiger partial charge on any atom is -0.294 e. The van der Waals surface area contributed by atoms with Crippen molar-refractivity contribution in [2.75, 3.05) is 0 Å². The smallest absolute Gasteiger partial charge is 0.164 e. The Hall–Kier alpha value is -1.63. The van der Waals surface area contributed by atoms with E-state index in [2.05, 4.69) is 53.3 Å². The first-order valence-corrected chi connectivity index (χ1v) is 8.90. The van der Waals surface area contributed by atoms with Crippen molar-refractivity contribution in [1.29, 1.82) is 0 Å². The zero-order chi connectivity index (χ0) is 17.2. The number of hydrogen-bond acceptors (Lipinski definition) is 1. The van der Waals surface area contributed by atoms with Crippen molar-refractivity contribution < 1.29 is 4.79 Å². The van der Waals surface area contributed by atoms with Gasteiger partial charge in [0, 0.05) is 12.0 Å². The molecular formula is C22H30O. The topological polar surface area (TPSA) is 17.1 Å². The van der Waals surface area contributed by atoms with E-state index in [4.69, 9.17) is 0 Å². The van der Waals surface area contributed by atoms with Crippen molar-refractivity contribution in [3.05, 3.63) is 52.6 Å². The lowest BCUT2D eigenvalue weighted by Gasteiger charge is -2.35. The summed E-state index contributed by atoms with van der Waals surface area (Å²) in [6.07, 6.45) is 6.45. The predicted molar refractivity (Wildman–Crippen MR) is 99.7 cm³/mol. The van der Waals surface area contributed by atoms with E-state index < -0.39 is 0 Å². The van der Waals surface area contributed by atoms with Gasteiger partial charge in [-0.2, -0.15) is 0 Å². The quantitative estimate of drug-likeness (QED) is 0.668. The summed E-state index contributed by atoms with van der Waals surface area (Å²) in [5, 5.41) is 0. The standard InChI is InChI=1S/C22H30O/c1-7-16-11-15(5)12-17(8-2)20(16)21-18(9-3)13-22(6,10-4)14-19(21)23/h9,11-12H,3,7-8,10,13-14H2,1-2,4-6H3. The lowest BCUT2D eigenvalue weighted by Crippen LogP contribution is -2.27. The monoisotopic (exact) mass is 310 g/mol. The van der Waals surface area contributed by atoms with E-state index in [1.165, 1.54) is 22.3 Å². The van der Waals surface area contributed by atoms with Gasteiger partial charge in [-0.15, -0.1) is 0 Å². The Morgan fingerprint density at radius 1 is 1.13 bits per heavy atom. The molecule has 0 saturated heterocycles. The maximum atomic E-state index is 13.1. The Morgan fingerprint density at radius 3 is 2.13 bits per heavy atom. The lowest BCUT2D eigenvalue weighted by atomic mass is 9.68. The second kappa shape index (κ2) is 6.86. The molecule has 0 radical (unpaired) electrons. The van der Waals surface area contributed by atoms with E-state index in [1.807, 2.05) is 6.08 Å². The molecule has 0 aliphatic heterocycles. The summed E-state index contributed by atoms with van der Waals surface area (Å²) in [6.45, 7) is 14.9. The normalized spacial score (nSPS) is 21.7. The number of rotatable bonds is 5.